The van der Waals surface area contributed by atoms with Gasteiger partial charge in [-0.3, -0.25) is 4.90 Å². The lowest BCUT2D eigenvalue weighted by molar-refractivity contribution is 0.0115. The van der Waals surface area contributed by atoms with Gasteiger partial charge in [-0.2, -0.15) is 0 Å². The Morgan fingerprint density at radius 2 is 1.83 bits per heavy atom. The average molecular weight is 483 g/mol. The van der Waals surface area contributed by atoms with Crippen molar-refractivity contribution in [1.29, 1.82) is 0 Å². The number of nitrogens with one attached hydrogen (secondary N) is 1. The fourth-order valence-electron chi connectivity index (χ4n) is 3.96. The Kier molecular flexibility index (Phi) is 6.74. The minimum Gasteiger partial charge on any atom is -0.494 e. The van der Waals surface area contributed by atoms with Crippen LogP contribution in [0.2, 0.25) is 5.02 Å². The molecule has 2 aliphatic heterocycles. The molecule has 4 rings (SSSR count). The van der Waals surface area contributed by atoms with Crippen molar-refractivity contribution in [1.82, 2.24) is 14.9 Å². The highest BCUT2D eigenvalue weighted by Crippen LogP contribution is 2.39. The normalized spacial score (nSPS) is 18.7. The first-order valence-corrected chi connectivity index (χ1v) is 11.0. The number of rotatable bonds is 5. The molecule has 0 amide bonds. The molecule has 7 nitrogen and oxygen atoms in total. The van der Waals surface area contributed by atoms with Crippen LogP contribution in [0, 0.1) is 0 Å². The summed E-state index contributed by atoms with van der Waals surface area (Å²) in [6.45, 7) is 5.86. The number of piperidine rings is 1. The number of ether oxygens (including phenoxy) is 2. The molecule has 1 aromatic carbocycles. The Bertz CT molecular complexity index is 824. The molecule has 1 aromatic heterocycles. The van der Waals surface area contributed by atoms with Gasteiger partial charge in [0.2, 0.25) is 5.95 Å². The Morgan fingerprint density at radius 1 is 1.14 bits per heavy atom. The maximum Gasteiger partial charge on any atom is 0.227 e. The Balaban J connectivity index is 1.46. The van der Waals surface area contributed by atoms with Gasteiger partial charge >= 0.3 is 0 Å². The van der Waals surface area contributed by atoms with E-state index in [0.717, 1.165) is 73.8 Å². The molecular formula is C20H25BrClN5O2. The highest BCUT2D eigenvalue weighted by atomic mass is 79.9. The summed E-state index contributed by atoms with van der Waals surface area (Å²) in [6, 6.07) is 4.73. The van der Waals surface area contributed by atoms with Crippen molar-refractivity contribution in [3.63, 3.8) is 0 Å². The number of benzene rings is 1. The molecule has 2 fully saturated rings. The number of morpholine rings is 1. The SMILES string of the molecule is COc1cc(N2CCC(N3CCOCC3)CC2)c(Br)cc1Nc1ncc(Cl)cn1. The predicted molar refractivity (Wildman–Crippen MR) is 119 cm³/mol. The van der Waals surface area contributed by atoms with Crippen LogP contribution in [0.1, 0.15) is 12.8 Å². The van der Waals surface area contributed by atoms with Crippen molar-refractivity contribution in [3.05, 3.63) is 34.0 Å². The molecule has 156 valence electrons. The minimum absolute atomic E-state index is 0.471. The third-order valence-electron chi connectivity index (χ3n) is 5.50. The fourth-order valence-corrected chi connectivity index (χ4v) is 4.66. The van der Waals surface area contributed by atoms with Gasteiger partial charge in [0.05, 0.1) is 49.1 Å². The highest BCUT2D eigenvalue weighted by molar-refractivity contribution is 9.10. The van der Waals surface area contributed by atoms with Crippen LogP contribution in [0.15, 0.2) is 29.0 Å². The minimum atomic E-state index is 0.471. The van der Waals surface area contributed by atoms with Gasteiger partial charge in [0.25, 0.3) is 0 Å². The van der Waals surface area contributed by atoms with Crippen molar-refractivity contribution in [2.45, 2.75) is 18.9 Å². The molecule has 2 aromatic rings. The predicted octanol–water partition coefficient (Wildman–Crippen LogP) is 3.95. The zero-order valence-electron chi connectivity index (χ0n) is 16.4. The molecule has 2 aliphatic rings. The number of anilines is 3. The van der Waals surface area contributed by atoms with Crippen molar-refractivity contribution < 1.29 is 9.47 Å². The van der Waals surface area contributed by atoms with Crippen molar-refractivity contribution in [3.8, 4) is 5.75 Å². The third kappa shape index (κ3) is 4.94. The van der Waals surface area contributed by atoms with E-state index >= 15 is 0 Å². The second-order valence-electron chi connectivity index (χ2n) is 7.22. The molecule has 9 heteroatoms. The molecule has 0 bridgehead atoms. The molecule has 29 heavy (non-hydrogen) atoms. The first kappa shape index (κ1) is 20.7. The number of nitrogens with zero attached hydrogens (tertiary/aromatic N) is 4. The second kappa shape index (κ2) is 9.47. The van der Waals surface area contributed by atoms with Gasteiger partial charge in [-0.1, -0.05) is 11.6 Å². The topological polar surface area (TPSA) is 62.8 Å². The fraction of sp³-hybridized carbons (Fsp3) is 0.500. The zero-order chi connectivity index (χ0) is 20.2. The van der Waals surface area contributed by atoms with E-state index in [9.17, 15) is 0 Å². The van der Waals surface area contributed by atoms with Crippen molar-refractivity contribution in [2.75, 3.05) is 56.7 Å². The van der Waals surface area contributed by atoms with Crippen LogP contribution in [0.3, 0.4) is 0 Å². The molecule has 0 spiro atoms. The maximum absolute atomic E-state index is 5.87. The lowest BCUT2D eigenvalue weighted by atomic mass is 10.0. The zero-order valence-corrected chi connectivity index (χ0v) is 18.7. The van der Waals surface area contributed by atoms with E-state index in [0.29, 0.717) is 17.0 Å². The van der Waals surface area contributed by atoms with E-state index in [4.69, 9.17) is 21.1 Å². The number of hydrogen-bond donors (Lipinski definition) is 1. The molecule has 0 saturated carbocycles. The monoisotopic (exact) mass is 481 g/mol. The van der Waals surface area contributed by atoms with Crippen LogP contribution < -0.4 is 15.0 Å². The smallest absolute Gasteiger partial charge is 0.227 e. The Morgan fingerprint density at radius 3 is 2.48 bits per heavy atom. The number of halogens is 2. The summed E-state index contributed by atoms with van der Waals surface area (Å²) in [4.78, 5) is 13.4. The van der Waals surface area contributed by atoms with Crippen LogP contribution in [-0.4, -0.2) is 67.4 Å². The maximum atomic E-state index is 5.87. The number of methoxy groups -OCH3 is 1. The largest absolute Gasteiger partial charge is 0.494 e. The van der Waals surface area contributed by atoms with Crippen LogP contribution in [0.5, 0.6) is 5.75 Å². The van der Waals surface area contributed by atoms with Crippen molar-refractivity contribution in [2.24, 2.45) is 0 Å². The lowest BCUT2D eigenvalue weighted by Gasteiger charge is -2.41. The molecule has 0 unspecified atom stereocenters. The Hall–Kier alpha value is -1.61. The number of hydrogen-bond acceptors (Lipinski definition) is 7. The van der Waals surface area contributed by atoms with E-state index in [1.807, 2.05) is 6.07 Å². The Labute approximate surface area is 184 Å². The van der Waals surface area contributed by atoms with Gasteiger partial charge in [0, 0.05) is 42.8 Å². The summed E-state index contributed by atoms with van der Waals surface area (Å²) in [5.41, 5.74) is 1.94. The molecule has 2 saturated heterocycles. The van der Waals surface area contributed by atoms with Crippen molar-refractivity contribution >= 4 is 44.9 Å². The van der Waals surface area contributed by atoms with E-state index < -0.39 is 0 Å². The quantitative estimate of drug-likeness (QED) is 0.692. The van der Waals surface area contributed by atoms with E-state index in [1.54, 1.807) is 19.5 Å². The second-order valence-corrected chi connectivity index (χ2v) is 8.51. The van der Waals surface area contributed by atoms with Crippen LogP contribution in [0.25, 0.3) is 0 Å². The lowest BCUT2D eigenvalue weighted by Crippen LogP contribution is -2.49. The van der Waals surface area contributed by atoms with Gasteiger partial charge < -0.3 is 19.7 Å². The molecule has 3 heterocycles. The summed E-state index contributed by atoms with van der Waals surface area (Å²) >= 11 is 9.60. The van der Waals surface area contributed by atoms with Crippen LogP contribution >= 0.6 is 27.5 Å². The molecule has 0 aliphatic carbocycles. The van der Waals surface area contributed by atoms with Crippen LogP contribution in [-0.2, 0) is 4.74 Å². The third-order valence-corrected chi connectivity index (χ3v) is 6.33. The standard InChI is InChI=1S/C20H25BrClN5O2/c1-28-19-11-18(16(21)10-17(19)25-20-23-12-14(22)13-24-20)27-4-2-15(3-5-27)26-6-8-29-9-7-26/h10-13,15H,2-9H2,1H3,(H,23,24,25). The van der Waals surface area contributed by atoms with Gasteiger partial charge in [-0.15, -0.1) is 0 Å². The summed E-state index contributed by atoms with van der Waals surface area (Å²) < 4.78 is 12.1. The van der Waals surface area contributed by atoms with E-state index in [-0.39, 0.29) is 0 Å². The van der Waals surface area contributed by atoms with E-state index in [2.05, 4.69) is 47.1 Å². The number of aromatic nitrogens is 2. The first-order valence-electron chi connectivity index (χ1n) is 9.83. The summed E-state index contributed by atoms with van der Waals surface area (Å²) in [7, 11) is 1.67. The molecular weight excluding hydrogens is 458 g/mol. The summed E-state index contributed by atoms with van der Waals surface area (Å²) in [6.07, 6.45) is 5.44. The average Bonchev–Trinajstić information content (AvgIpc) is 2.76. The first-order chi connectivity index (χ1) is 14.1. The van der Waals surface area contributed by atoms with Gasteiger partial charge in [0.1, 0.15) is 5.75 Å². The van der Waals surface area contributed by atoms with Gasteiger partial charge in [-0.05, 0) is 34.8 Å². The van der Waals surface area contributed by atoms with Gasteiger partial charge in [0.15, 0.2) is 0 Å². The van der Waals surface area contributed by atoms with Gasteiger partial charge in [-0.25, -0.2) is 9.97 Å². The van der Waals surface area contributed by atoms with E-state index in [1.165, 1.54) is 0 Å². The molecule has 0 radical (unpaired) electrons. The summed E-state index contributed by atoms with van der Waals surface area (Å²) in [5.74, 6) is 1.22. The molecule has 1 N–H and O–H groups in total. The molecule has 0 atom stereocenters. The highest BCUT2D eigenvalue weighted by Gasteiger charge is 2.27. The summed E-state index contributed by atoms with van der Waals surface area (Å²) in [5, 5.41) is 3.70. The van der Waals surface area contributed by atoms with Crippen LogP contribution in [0.4, 0.5) is 17.3 Å².